The fourth-order valence-electron chi connectivity index (χ4n) is 2.84. The van der Waals surface area contributed by atoms with Gasteiger partial charge in [0.05, 0.1) is 22.3 Å². The van der Waals surface area contributed by atoms with Crippen molar-refractivity contribution in [1.29, 1.82) is 0 Å². The van der Waals surface area contributed by atoms with E-state index in [4.69, 9.17) is 11.6 Å². The van der Waals surface area contributed by atoms with Gasteiger partial charge in [-0.1, -0.05) is 29.8 Å². The van der Waals surface area contributed by atoms with Crippen molar-refractivity contribution in [2.24, 2.45) is 0 Å². The van der Waals surface area contributed by atoms with Crippen LogP contribution in [0.25, 0.3) is 33.2 Å². The van der Waals surface area contributed by atoms with Gasteiger partial charge in [-0.2, -0.15) is 0 Å². The lowest BCUT2D eigenvalue weighted by atomic mass is 9.98. The highest BCUT2D eigenvalue weighted by Gasteiger charge is 2.11. The van der Waals surface area contributed by atoms with Crippen LogP contribution in [0.3, 0.4) is 0 Å². The zero-order valence-corrected chi connectivity index (χ0v) is 14.0. The minimum Gasteiger partial charge on any atom is -0.313 e. The smallest absolute Gasteiger partial charge is 0.258 e. The number of aromatic amines is 1. The molecule has 0 aliphatic heterocycles. The van der Waals surface area contributed by atoms with E-state index >= 15 is 0 Å². The second-order valence-corrected chi connectivity index (χ2v) is 6.19. The van der Waals surface area contributed by atoms with Crippen LogP contribution in [0.5, 0.6) is 0 Å². The van der Waals surface area contributed by atoms with Crippen LogP contribution in [0.1, 0.15) is 0 Å². The summed E-state index contributed by atoms with van der Waals surface area (Å²) in [5.74, 6) is -1.01. The first-order valence-electron chi connectivity index (χ1n) is 7.76. The maximum absolute atomic E-state index is 14.3. The first kappa shape index (κ1) is 16.4. The summed E-state index contributed by atoms with van der Waals surface area (Å²) >= 11 is 5.81. The number of H-pyrrole nitrogens is 1. The molecule has 0 atom stereocenters. The van der Waals surface area contributed by atoms with Gasteiger partial charge in [0, 0.05) is 5.56 Å². The first-order valence-corrected chi connectivity index (χ1v) is 8.13. The Morgan fingerprint density at radius 2 is 1.54 bits per heavy atom. The summed E-state index contributed by atoms with van der Waals surface area (Å²) in [4.78, 5) is 18.6. The number of aromatic nitrogens is 2. The van der Waals surface area contributed by atoms with E-state index in [9.17, 15) is 13.6 Å². The molecule has 3 nitrogen and oxygen atoms in total. The molecule has 3 aromatic carbocycles. The molecule has 0 aliphatic rings. The third kappa shape index (κ3) is 2.86. The third-order valence-electron chi connectivity index (χ3n) is 4.17. The minimum absolute atomic E-state index is 0.0735. The summed E-state index contributed by atoms with van der Waals surface area (Å²) < 4.78 is 27.7. The van der Waals surface area contributed by atoms with Gasteiger partial charge in [0.15, 0.2) is 0 Å². The molecule has 0 amide bonds. The SMILES string of the molecule is O=c1[nH]cnc2ccc(-c3ccc(F)c(-c4ccc(F)c(Cl)c4)c3)cc12. The summed E-state index contributed by atoms with van der Waals surface area (Å²) in [7, 11) is 0. The van der Waals surface area contributed by atoms with E-state index in [1.807, 2.05) is 6.07 Å². The Hall–Kier alpha value is -3.05. The lowest BCUT2D eigenvalue weighted by Crippen LogP contribution is -2.06. The van der Waals surface area contributed by atoms with Crippen molar-refractivity contribution in [3.63, 3.8) is 0 Å². The number of benzene rings is 3. The summed E-state index contributed by atoms with van der Waals surface area (Å²) in [5, 5.41) is 0.372. The molecule has 4 rings (SSSR count). The number of nitrogens with zero attached hydrogens (tertiary/aromatic N) is 1. The van der Waals surface area contributed by atoms with Crippen molar-refractivity contribution in [2.45, 2.75) is 0 Å². The van der Waals surface area contributed by atoms with E-state index < -0.39 is 11.6 Å². The highest BCUT2D eigenvalue weighted by atomic mass is 35.5. The predicted octanol–water partition coefficient (Wildman–Crippen LogP) is 5.19. The number of hydrogen-bond donors (Lipinski definition) is 1. The van der Waals surface area contributed by atoms with E-state index in [0.29, 0.717) is 27.6 Å². The van der Waals surface area contributed by atoms with Gasteiger partial charge >= 0.3 is 0 Å². The van der Waals surface area contributed by atoms with Crippen molar-refractivity contribution < 1.29 is 8.78 Å². The topological polar surface area (TPSA) is 45.8 Å². The van der Waals surface area contributed by atoms with Crippen LogP contribution < -0.4 is 5.56 Å². The summed E-state index contributed by atoms with van der Waals surface area (Å²) in [6.07, 6.45) is 1.35. The van der Waals surface area contributed by atoms with E-state index in [1.54, 1.807) is 24.3 Å². The molecule has 4 aromatic rings. The monoisotopic (exact) mass is 368 g/mol. The highest BCUT2D eigenvalue weighted by molar-refractivity contribution is 6.31. The average Bonchev–Trinajstić information content (AvgIpc) is 2.65. The Morgan fingerprint density at radius 3 is 2.35 bits per heavy atom. The van der Waals surface area contributed by atoms with Gasteiger partial charge in [-0.25, -0.2) is 13.8 Å². The molecule has 26 heavy (non-hydrogen) atoms. The fourth-order valence-corrected chi connectivity index (χ4v) is 3.02. The molecule has 0 saturated heterocycles. The Balaban J connectivity index is 1.87. The van der Waals surface area contributed by atoms with Gasteiger partial charge in [0.1, 0.15) is 11.6 Å². The maximum Gasteiger partial charge on any atom is 0.258 e. The summed E-state index contributed by atoms with van der Waals surface area (Å²) in [5.41, 5.74) is 2.55. The van der Waals surface area contributed by atoms with E-state index in [0.717, 1.165) is 5.56 Å². The third-order valence-corrected chi connectivity index (χ3v) is 4.46. The van der Waals surface area contributed by atoms with Gasteiger partial charge < -0.3 is 4.98 Å². The fraction of sp³-hybridized carbons (Fsp3) is 0. The molecule has 0 aliphatic carbocycles. The van der Waals surface area contributed by atoms with Crippen molar-refractivity contribution in [1.82, 2.24) is 9.97 Å². The summed E-state index contributed by atoms with van der Waals surface area (Å²) in [6.45, 7) is 0. The normalized spacial score (nSPS) is 11.0. The Morgan fingerprint density at radius 1 is 0.846 bits per heavy atom. The Labute approximate surface area is 151 Å². The van der Waals surface area contributed by atoms with E-state index in [1.165, 1.54) is 30.6 Å². The van der Waals surface area contributed by atoms with Gasteiger partial charge in [-0.05, 0) is 53.1 Å². The average molecular weight is 369 g/mol. The Kier molecular flexibility index (Phi) is 4.01. The van der Waals surface area contributed by atoms with Gasteiger partial charge in [-0.3, -0.25) is 4.79 Å². The molecule has 0 spiro atoms. The lowest BCUT2D eigenvalue weighted by Gasteiger charge is -2.09. The number of hydrogen-bond acceptors (Lipinski definition) is 2. The molecular weight excluding hydrogens is 358 g/mol. The lowest BCUT2D eigenvalue weighted by molar-refractivity contribution is 0.626. The van der Waals surface area contributed by atoms with Crippen LogP contribution in [0.15, 0.2) is 65.7 Å². The highest BCUT2D eigenvalue weighted by Crippen LogP contribution is 2.31. The van der Waals surface area contributed by atoms with Gasteiger partial charge in [0.25, 0.3) is 5.56 Å². The largest absolute Gasteiger partial charge is 0.313 e. The molecule has 1 heterocycles. The number of nitrogens with one attached hydrogen (secondary N) is 1. The van der Waals surface area contributed by atoms with Crippen LogP contribution in [0, 0.1) is 11.6 Å². The predicted molar refractivity (Wildman–Crippen MR) is 98.2 cm³/mol. The molecular formula is C20H11ClF2N2O. The number of halogens is 3. The molecule has 0 fully saturated rings. The second-order valence-electron chi connectivity index (χ2n) is 5.79. The first-order chi connectivity index (χ1) is 12.5. The second kappa shape index (κ2) is 6.35. The van der Waals surface area contributed by atoms with Crippen LogP contribution >= 0.6 is 11.6 Å². The van der Waals surface area contributed by atoms with Crippen LogP contribution in [0.4, 0.5) is 8.78 Å². The molecule has 128 valence electrons. The molecule has 0 radical (unpaired) electrons. The van der Waals surface area contributed by atoms with Gasteiger partial charge in [-0.15, -0.1) is 0 Å². The molecule has 1 aromatic heterocycles. The number of rotatable bonds is 2. The zero-order valence-electron chi connectivity index (χ0n) is 13.3. The summed E-state index contributed by atoms with van der Waals surface area (Å²) in [6, 6.07) is 13.9. The quantitative estimate of drug-likeness (QED) is 0.529. The molecule has 0 bridgehead atoms. The van der Waals surface area contributed by atoms with Crippen LogP contribution in [-0.4, -0.2) is 9.97 Å². The standard InChI is InChI=1S/C20H11ClF2N2O/c21-16-9-13(2-5-18(16)23)14-7-11(1-4-17(14)22)12-3-6-19-15(8-12)20(26)25-10-24-19/h1-10H,(H,24,25,26). The van der Waals surface area contributed by atoms with Crippen molar-refractivity contribution in [3.8, 4) is 22.3 Å². The molecule has 0 saturated carbocycles. The minimum atomic E-state index is -0.562. The molecule has 6 heteroatoms. The molecule has 1 N–H and O–H groups in total. The Bertz CT molecular complexity index is 1200. The van der Waals surface area contributed by atoms with Crippen molar-refractivity contribution in [3.05, 3.63) is 87.9 Å². The van der Waals surface area contributed by atoms with Crippen molar-refractivity contribution >= 4 is 22.5 Å². The van der Waals surface area contributed by atoms with E-state index in [2.05, 4.69) is 9.97 Å². The van der Waals surface area contributed by atoms with E-state index in [-0.39, 0.29) is 10.6 Å². The van der Waals surface area contributed by atoms with Crippen LogP contribution in [-0.2, 0) is 0 Å². The van der Waals surface area contributed by atoms with Crippen LogP contribution in [0.2, 0.25) is 5.02 Å². The maximum atomic E-state index is 14.3. The van der Waals surface area contributed by atoms with Crippen molar-refractivity contribution in [2.75, 3.05) is 0 Å². The van der Waals surface area contributed by atoms with Gasteiger partial charge in [0.2, 0.25) is 0 Å². The molecule has 0 unspecified atom stereocenters. The zero-order chi connectivity index (χ0) is 18.3. The number of fused-ring (bicyclic) bond motifs is 1.